The van der Waals surface area contributed by atoms with Crippen molar-refractivity contribution in [1.82, 2.24) is 9.55 Å². The van der Waals surface area contributed by atoms with Crippen LogP contribution >= 0.6 is 23.5 Å². The molecule has 1 aromatic heterocycles. The van der Waals surface area contributed by atoms with Crippen LogP contribution in [-0.2, 0) is 31.6 Å². The lowest BCUT2D eigenvalue weighted by Gasteiger charge is -2.22. The molecule has 0 saturated carbocycles. The van der Waals surface area contributed by atoms with E-state index in [1.807, 2.05) is 0 Å². The third kappa shape index (κ3) is 7.00. The van der Waals surface area contributed by atoms with Crippen LogP contribution in [0.5, 0.6) is 0 Å². The van der Waals surface area contributed by atoms with Crippen LogP contribution in [-0.4, -0.2) is 52.7 Å². The Balaban J connectivity index is 2.32. The summed E-state index contributed by atoms with van der Waals surface area (Å²) in [6.45, 7) is -4.17. The van der Waals surface area contributed by atoms with Crippen molar-refractivity contribution in [2.24, 2.45) is 0 Å². The van der Waals surface area contributed by atoms with Gasteiger partial charge in [-0.3, -0.25) is 18.9 Å². The van der Waals surface area contributed by atoms with Gasteiger partial charge in [-0.05, 0) is 0 Å². The third-order valence-corrected chi connectivity index (χ3v) is 6.45. The average molecular weight is 489 g/mol. The summed E-state index contributed by atoms with van der Waals surface area (Å²) in [6.07, 6.45) is -6.41. The van der Waals surface area contributed by atoms with E-state index in [-0.39, 0.29) is 4.57 Å². The minimum absolute atomic E-state index is 0.154. The molecule has 2 unspecified atom stereocenters. The van der Waals surface area contributed by atoms with E-state index in [2.05, 4.69) is 17.9 Å². The van der Waals surface area contributed by atoms with Crippen LogP contribution in [0.2, 0.25) is 0 Å². The lowest BCUT2D eigenvalue weighted by Crippen LogP contribution is -2.35. The van der Waals surface area contributed by atoms with Gasteiger partial charge in [0, 0.05) is 18.7 Å². The van der Waals surface area contributed by atoms with Crippen molar-refractivity contribution >= 4 is 23.5 Å². The molecule has 20 heteroatoms. The molecule has 0 spiro atoms. The molecule has 29 heavy (non-hydrogen) atoms. The van der Waals surface area contributed by atoms with Gasteiger partial charge < -0.3 is 29.4 Å². The number of H-pyrrole nitrogens is 1. The number of alkyl halides is 1. The van der Waals surface area contributed by atoms with Gasteiger partial charge in [0.1, 0.15) is 12.7 Å². The fourth-order valence-corrected chi connectivity index (χ4v) is 4.79. The second-order valence-corrected chi connectivity index (χ2v) is 9.50. The van der Waals surface area contributed by atoms with Crippen molar-refractivity contribution in [3.8, 4) is 0 Å². The fraction of sp³-hybridized carbons (Fsp3) is 0.556. The number of aromatic nitrogens is 2. The summed E-state index contributed by atoms with van der Waals surface area (Å²) in [6, 6.07) is 0.673. The average Bonchev–Trinajstić information content (AvgIpc) is 2.73. The van der Waals surface area contributed by atoms with Crippen molar-refractivity contribution in [2.45, 2.75) is 24.6 Å². The zero-order valence-electron chi connectivity index (χ0n) is 16.5. The number of aromatic amines is 1. The van der Waals surface area contributed by atoms with Crippen molar-refractivity contribution in [3.05, 3.63) is 33.1 Å². The van der Waals surface area contributed by atoms with Gasteiger partial charge in [-0.2, -0.15) is 8.62 Å². The van der Waals surface area contributed by atoms with Crippen LogP contribution in [0.25, 0.3) is 0 Å². The van der Waals surface area contributed by atoms with Gasteiger partial charge in [0.05, 0.1) is 4.11 Å². The Morgan fingerprint density at radius 3 is 2.48 bits per heavy atom. The number of halogens is 1. The molecule has 0 amide bonds. The highest BCUT2D eigenvalue weighted by Crippen LogP contribution is 2.66. The summed E-state index contributed by atoms with van der Waals surface area (Å²) in [4.78, 5) is 60.0. The molecule has 2 heterocycles. The largest absolute Gasteiger partial charge is 0.490 e. The highest BCUT2D eigenvalue weighted by molar-refractivity contribution is 7.66. The zero-order valence-corrected chi connectivity index (χ0v) is 16.2. The molecular weight excluding hydrogens is 472 g/mol. The molecule has 5 atom stereocenters. The van der Waals surface area contributed by atoms with E-state index in [1.165, 1.54) is 0 Å². The predicted octanol–water partition coefficient (Wildman–Crippen LogP) is -1.17. The molecule has 1 fully saturated rings. The minimum Gasteiger partial charge on any atom is -0.388 e. The molecule has 1 aliphatic heterocycles. The Morgan fingerprint density at radius 1 is 1.31 bits per heavy atom. The molecule has 1 aliphatic rings. The fourth-order valence-electron chi connectivity index (χ4n) is 1.90. The minimum atomic E-state index is -6.20. The number of nitrogens with zero attached hydrogens (tertiary/aromatic N) is 1. The van der Waals surface area contributed by atoms with E-state index in [1.54, 1.807) is 4.98 Å². The van der Waals surface area contributed by atoms with Crippen molar-refractivity contribution in [1.29, 1.82) is 0 Å². The van der Waals surface area contributed by atoms with E-state index in [0.29, 0.717) is 12.3 Å². The molecule has 166 valence electrons. The van der Waals surface area contributed by atoms with E-state index in [0.717, 1.165) is 0 Å². The number of hydrogen-bond donors (Lipinski definition) is 6. The van der Waals surface area contributed by atoms with Crippen LogP contribution in [0.3, 0.4) is 0 Å². The molecular formula is C9H14FN2O14P3. The molecule has 6 N–H and O–H groups in total. The summed E-state index contributed by atoms with van der Waals surface area (Å²) in [5.41, 5.74) is -2.33. The number of aliphatic hydroxyl groups is 1. The molecule has 0 bridgehead atoms. The first-order valence-corrected chi connectivity index (χ1v) is 11.4. The first kappa shape index (κ1) is 19.9. The molecule has 2 rings (SSSR count). The Labute approximate surface area is 163 Å². The maximum atomic E-state index is 15.2. The Hall–Kier alpha value is -1.06. The molecule has 0 aromatic carbocycles. The van der Waals surface area contributed by atoms with Gasteiger partial charge in [-0.25, -0.2) is 22.9 Å². The smallest absolute Gasteiger partial charge is 0.388 e. The maximum absolute atomic E-state index is 15.2. The number of rotatable bonds is 8. The monoisotopic (exact) mass is 489 g/mol. The van der Waals surface area contributed by atoms with Crippen LogP contribution < -0.4 is 11.2 Å². The highest BCUT2D eigenvalue weighted by Gasteiger charge is 2.50. The Kier molecular flexibility index (Phi) is 5.64. The summed E-state index contributed by atoms with van der Waals surface area (Å²) >= 11 is 0. The quantitative estimate of drug-likeness (QED) is 0.236. The van der Waals surface area contributed by atoms with Gasteiger partial charge >= 0.3 is 29.2 Å². The van der Waals surface area contributed by atoms with Crippen LogP contribution in [0.4, 0.5) is 4.39 Å². The van der Waals surface area contributed by atoms with E-state index in [9.17, 15) is 33.3 Å². The number of nitrogens with one attached hydrogen (secondary N) is 1. The van der Waals surface area contributed by atoms with Crippen molar-refractivity contribution < 1.29 is 64.8 Å². The number of hydrogen-bond acceptors (Lipinski definition) is 10. The van der Waals surface area contributed by atoms with Crippen molar-refractivity contribution in [2.75, 3.05) is 6.56 Å². The lowest BCUT2D eigenvalue weighted by molar-refractivity contribution is -0.178. The van der Waals surface area contributed by atoms with E-state index < -0.39 is 65.9 Å². The van der Waals surface area contributed by atoms with Crippen LogP contribution in [0, 0.1) is 0 Å². The van der Waals surface area contributed by atoms with Crippen molar-refractivity contribution in [3.63, 3.8) is 0 Å². The molecule has 1 saturated heterocycles. The normalized spacial score (nSPS) is 33.9. The van der Waals surface area contributed by atoms with Gasteiger partial charge in [0.15, 0.2) is 6.20 Å². The highest BCUT2D eigenvalue weighted by atomic mass is 31.3. The molecule has 1 aromatic rings. The lowest BCUT2D eigenvalue weighted by atomic mass is 10.2. The number of ether oxygens (including phenoxy) is 1. The first-order valence-electron chi connectivity index (χ1n) is 8.36. The topological polar surface area (TPSA) is 244 Å². The number of phosphoric acid groups is 3. The second kappa shape index (κ2) is 8.23. The van der Waals surface area contributed by atoms with Gasteiger partial charge in [0.25, 0.3) is 5.56 Å². The SMILES string of the molecule is [2H]C([2H])(OP(=O)(O)OP(=O)(O)OP(=O)(O)O)[C@]1(F)C[C@@H](O)[C@]([2H])(n2ccc(=O)[nH]c2=O)O1. The number of phosphoric ester groups is 1. The van der Waals surface area contributed by atoms with Gasteiger partial charge in [0.2, 0.25) is 5.85 Å². The summed E-state index contributed by atoms with van der Waals surface area (Å²) < 4.78 is 87.1. The Morgan fingerprint density at radius 2 is 1.93 bits per heavy atom. The predicted molar refractivity (Wildman–Crippen MR) is 85.7 cm³/mol. The van der Waals surface area contributed by atoms with Crippen LogP contribution in [0.15, 0.2) is 21.9 Å². The third-order valence-electron chi connectivity index (χ3n) is 2.80. The first-order chi connectivity index (χ1) is 14.1. The summed E-state index contributed by atoms with van der Waals surface area (Å²) in [5.74, 6) is -4.00. The summed E-state index contributed by atoms with van der Waals surface area (Å²) in [5, 5.41) is 10.0. The van der Waals surface area contributed by atoms with E-state index in [4.69, 9.17) is 18.8 Å². The van der Waals surface area contributed by atoms with Crippen LogP contribution in [0.1, 0.15) is 16.7 Å². The zero-order chi connectivity index (χ0) is 25.0. The number of aliphatic hydroxyl groups excluding tert-OH is 1. The van der Waals surface area contributed by atoms with E-state index >= 15 is 4.39 Å². The van der Waals surface area contributed by atoms with Gasteiger partial charge in [-0.15, -0.1) is 0 Å². The summed E-state index contributed by atoms with van der Waals surface area (Å²) in [7, 11) is -18.0. The Bertz CT molecular complexity index is 1150. The molecule has 0 radical (unpaired) electrons. The second-order valence-electron chi connectivity index (χ2n) is 5.15. The molecule has 0 aliphatic carbocycles. The molecule has 16 nitrogen and oxygen atoms in total. The standard InChI is InChI=1S/C9H14FN2O14P3/c10-9(4-23-28(19,20)26-29(21,22)25-27(16,17)18)3-5(13)7(24-9)12-2-1-6(14)11-8(12)15/h1-2,5,7,13H,3-4H2,(H,19,20)(H,21,22)(H,11,14,15)(H2,16,17,18)/t5-,7-,9+/m1/s1/i4D2,7D. The maximum Gasteiger partial charge on any atom is 0.490 e. The van der Waals surface area contributed by atoms with Gasteiger partial charge in [-0.1, -0.05) is 0 Å².